The molecule has 10 heteroatoms. The molecular weight excluding hydrogens is 526 g/mol. The summed E-state index contributed by atoms with van der Waals surface area (Å²) in [6, 6.07) is 4.81. The molecule has 0 amide bonds. The number of methoxy groups -OCH3 is 1. The molecule has 1 aliphatic rings. The van der Waals surface area contributed by atoms with Crippen LogP contribution in [0.5, 0.6) is 11.5 Å². The van der Waals surface area contributed by atoms with Crippen LogP contribution in [0.25, 0.3) is 0 Å². The normalized spacial score (nSPS) is 17.7. The lowest BCUT2D eigenvalue weighted by Crippen LogP contribution is -2.52. The van der Waals surface area contributed by atoms with Gasteiger partial charge in [0, 0.05) is 31.9 Å². The number of phenols is 1. The van der Waals surface area contributed by atoms with Crippen LogP contribution in [0.15, 0.2) is 18.2 Å². The molecule has 0 radical (unpaired) electrons. The number of aliphatic hydroxyl groups is 1. The summed E-state index contributed by atoms with van der Waals surface area (Å²) in [5.41, 5.74) is 0.528. The van der Waals surface area contributed by atoms with Crippen molar-refractivity contribution in [1.29, 1.82) is 0 Å². The number of nitrogens with one attached hydrogen (secondary N) is 3. The van der Waals surface area contributed by atoms with E-state index < -0.39 is 23.7 Å². The summed E-state index contributed by atoms with van der Waals surface area (Å²) in [5.74, 6) is -0.213. The number of aromatic hydroxyl groups is 1. The number of carbonyl (C=O) groups excluding carboxylic acids is 2. The van der Waals surface area contributed by atoms with Gasteiger partial charge in [0.25, 0.3) is 0 Å². The van der Waals surface area contributed by atoms with Crippen LogP contribution >= 0.6 is 0 Å². The fourth-order valence-corrected chi connectivity index (χ4v) is 6.03. The van der Waals surface area contributed by atoms with E-state index in [0.29, 0.717) is 31.6 Å². The van der Waals surface area contributed by atoms with Crippen molar-refractivity contribution >= 4 is 11.9 Å². The van der Waals surface area contributed by atoms with E-state index in [2.05, 4.69) is 22.9 Å². The van der Waals surface area contributed by atoms with Crippen molar-refractivity contribution in [2.24, 2.45) is 11.3 Å². The van der Waals surface area contributed by atoms with Gasteiger partial charge in [-0.1, -0.05) is 25.8 Å². The molecule has 41 heavy (non-hydrogen) atoms. The van der Waals surface area contributed by atoms with Crippen molar-refractivity contribution in [3.8, 4) is 11.5 Å². The predicted octanol–water partition coefficient (Wildman–Crippen LogP) is 2.93. The molecule has 0 aromatic heterocycles. The van der Waals surface area contributed by atoms with Crippen LogP contribution in [0.4, 0.5) is 0 Å². The van der Waals surface area contributed by atoms with Crippen LogP contribution in [0, 0.1) is 11.3 Å². The molecule has 1 aromatic carbocycles. The number of phenolic OH excluding ortho intramolecular Hbond substituents is 1. The number of hydrogen-bond donors (Lipinski definition) is 5. The minimum Gasteiger partial charge on any atom is -0.504 e. The zero-order valence-corrected chi connectivity index (χ0v) is 25.7. The van der Waals surface area contributed by atoms with Crippen LogP contribution in [0.1, 0.15) is 70.8 Å². The van der Waals surface area contributed by atoms with Crippen LogP contribution in [0.2, 0.25) is 0 Å². The average molecular weight is 580 g/mol. The molecule has 1 aliphatic heterocycles. The second-order valence-corrected chi connectivity index (χ2v) is 11.3. The summed E-state index contributed by atoms with van der Waals surface area (Å²) in [6.45, 7) is 5.55. The molecule has 10 nitrogen and oxygen atoms in total. The average Bonchev–Trinajstić information content (AvgIpc) is 2.96. The summed E-state index contributed by atoms with van der Waals surface area (Å²) >= 11 is 0. The second kappa shape index (κ2) is 18.2. The monoisotopic (exact) mass is 579 g/mol. The summed E-state index contributed by atoms with van der Waals surface area (Å²) < 4.78 is 17.8. The third-order valence-electron chi connectivity index (χ3n) is 8.33. The number of rotatable bonds is 19. The molecule has 4 atom stereocenters. The maximum Gasteiger partial charge on any atom is 0.324 e. The fraction of sp³-hybridized carbons (Fsp3) is 0.742. The van der Waals surface area contributed by atoms with Crippen molar-refractivity contribution in [2.75, 3.05) is 47.4 Å². The van der Waals surface area contributed by atoms with Gasteiger partial charge in [-0.25, -0.2) is 0 Å². The Hall–Kier alpha value is -2.40. The van der Waals surface area contributed by atoms with Gasteiger partial charge in [0.05, 0.1) is 7.11 Å². The minimum absolute atomic E-state index is 0.0390. The standard InChI is InChI=1S/C31H53N3O7/c1-6-7-9-24(10-8-17-35)27(40-22(2)36)19-29(41-30(38)25(33-4)21-32-3)31(13-15-34-16-14-31)20-23-11-12-26(37)28(18-23)39-5/h11-12,18,24-25,27,29,32-35,37H,6-10,13-17,19-21H2,1-5H3. The Bertz CT molecular complexity index is 915. The van der Waals surface area contributed by atoms with Gasteiger partial charge >= 0.3 is 11.9 Å². The van der Waals surface area contributed by atoms with E-state index in [1.807, 2.05) is 12.1 Å². The fourth-order valence-electron chi connectivity index (χ4n) is 6.03. The third kappa shape index (κ3) is 10.7. The lowest BCUT2D eigenvalue weighted by molar-refractivity contribution is -0.168. The Morgan fingerprint density at radius 1 is 1.12 bits per heavy atom. The highest BCUT2D eigenvalue weighted by atomic mass is 16.6. The van der Waals surface area contributed by atoms with Gasteiger partial charge in [0.2, 0.25) is 0 Å². The van der Waals surface area contributed by atoms with Crippen molar-refractivity contribution < 1.29 is 34.0 Å². The highest BCUT2D eigenvalue weighted by molar-refractivity contribution is 5.76. The van der Waals surface area contributed by atoms with Gasteiger partial charge in [-0.3, -0.25) is 9.59 Å². The van der Waals surface area contributed by atoms with Crippen molar-refractivity contribution in [3.05, 3.63) is 23.8 Å². The van der Waals surface area contributed by atoms with Gasteiger partial charge in [0.15, 0.2) is 11.5 Å². The molecule has 0 bridgehead atoms. The number of benzene rings is 1. The lowest BCUT2D eigenvalue weighted by atomic mass is 9.67. The van der Waals surface area contributed by atoms with Crippen LogP contribution in [0.3, 0.4) is 0 Å². The van der Waals surface area contributed by atoms with Crippen molar-refractivity contribution in [2.45, 2.75) is 89.9 Å². The Kier molecular flexibility index (Phi) is 15.5. The first-order valence-corrected chi connectivity index (χ1v) is 15.1. The molecular formula is C31H53N3O7. The van der Waals surface area contributed by atoms with Crippen LogP contribution in [-0.4, -0.2) is 87.8 Å². The molecule has 0 aliphatic carbocycles. The number of carbonyl (C=O) groups is 2. The van der Waals surface area contributed by atoms with Gasteiger partial charge in [-0.2, -0.15) is 0 Å². The van der Waals surface area contributed by atoms with Crippen molar-refractivity contribution in [1.82, 2.24) is 16.0 Å². The third-order valence-corrected chi connectivity index (χ3v) is 8.33. The van der Waals surface area contributed by atoms with E-state index in [-0.39, 0.29) is 30.2 Å². The zero-order valence-electron chi connectivity index (χ0n) is 25.7. The number of ether oxygens (including phenoxy) is 3. The van der Waals surface area contributed by atoms with E-state index in [1.165, 1.54) is 14.0 Å². The first kappa shape index (κ1) is 34.8. The number of aliphatic hydroxyl groups excluding tert-OH is 1. The maximum absolute atomic E-state index is 13.5. The van der Waals surface area contributed by atoms with E-state index >= 15 is 0 Å². The summed E-state index contributed by atoms with van der Waals surface area (Å²) in [5, 5.41) is 29.3. The molecule has 234 valence electrons. The molecule has 1 saturated heterocycles. The van der Waals surface area contributed by atoms with Gasteiger partial charge in [-0.15, -0.1) is 0 Å². The smallest absolute Gasteiger partial charge is 0.324 e. The first-order valence-electron chi connectivity index (χ1n) is 15.1. The highest BCUT2D eigenvalue weighted by Gasteiger charge is 2.45. The van der Waals surface area contributed by atoms with E-state index in [1.54, 1.807) is 20.2 Å². The van der Waals surface area contributed by atoms with Gasteiger partial charge in [-0.05, 0) is 89.3 Å². The molecule has 2 rings (SSSR count). The van der Waals surface area contributed by atoms with Gasteiger partial charge < -0.3 is 40.4 Å². The van der Waals surface area contributed by atoms with Crippen molar-refractivity contribution in [3.63, 3.8) is 0 Å². The van der Waals surface area contributed by atoms with Crippen LogP contribution < -0.4 is 20.7 Å². The number of hydrogen-bond acceptors (Lipinski definition) is 10. The number of esters is 2. The molecule has 1 heterocycles. The zero-order chi connectivity index (χ0) is 30.3. The number of piperidine rings is 1. The molecule has 1 aromatic rings. The molecule has 1 fully saturated rings. The van der Waals surface area contributed by atoms with E-state index in [0.717, 1.165) is 57.2 Å². The summed E-state index contributed by atoms with van der Waals surface area (Å²) in [4.78, 5) is 25.9. The Morgan fingerprint density at radius 3 is 2.41 bits per heavy atom. The largest absolute Gasteiger partial charge is 0.504 e. The Morgan fingerprint density at radius 2 is 1.83 bits per heavy atom. The maximum atomic E-state index is 13.5. The number of likely N-dealkylation sites (N-methyl/N-ethyl adjacent to an activating group) is 2. The molecule has 4 unspecified atom stereocenters. The van der Waals surface area contributed by atoms with E-state index in [4.69, 9.17) is 14.2 Å². The topological polar surface area (TPSA) is 138 Å². The highest BCUT2D eigenvalue weighted by Crippen LogP contribution is 2.43. The Labute approximate surface area is 245 Å². The molecule has 0 saturated carbocycles. The minimum atomic E-state index is -0.535. The second-order valence-electron chi connectivity index (χ2n) is 11.3. The lowest BCUT2D eigenvalue weighted by Gasteiger charge is -2.45. The number of unbranched alkanes of at least 4 members (excludes halogenated alkanes) is 1. The van der Waals surface area contributed by atoms with Crippen LogP contribution in [-0.2, 0) is 25.5 Å². The SMILES string of the molecule is CCCCC(CCCO)C(CC(OC(=O)C(CNC)NC)C1(Cc2ccc(O)c(OC)c2)CCNCC1)OC(C)=O. The quantitative estimate of drug-likeness (QED) is 0.156. The first-order chi connectivity index (χ1) is 19.7. The molecule has 0 spiro atoms. The summed E-state index contributed by atoms with van der Waals surface area (Å²) in [6.07, 6.45) is 5.67. The molecule has 5 N–H and O–H groups in total. The van der Waals surface area contributed by atoms with E-state index in [9.17, 15) is 19.8 Å². The summed E-state index contributed by atoms with van der Waals surface area (Å²) in [7, 11) is 5.05. The predicted molar refractivity (Wildman–Crippen MR) is 159 cm³/mol. The van der Waals surface area contributed by atoms with Gasteiger partial charge in [0.1, 0.15) is 18.2 Å². The Balaban J connectivity index is 2.55.